The van der Waals surface area contributed by atoms with Crippen LogP contribution in [-0.4, -0.2) is 44.0 Å². The molecule has 0 radical (unpaired) electrons. The molecule has 1 aromatic carbocycles. The minimum atomic E-state index is -0.528. The van der Waals surface area contributed by atoms with Gasteiger partial charge in [0.05, 0.1) is 19.8 Å². The third-order valence-electron chi connectivity index (χ3n) is 4.71. The first-order valence-corrected chi connectivity index (χ1v) is 9.50. The number of nitrogens with two attached hydrogens (primary N) is 1. The van der Waals surface area contributed by atoms with E-state index in [4.69, 9.17) is 15.2 Å². The van der Waals surface area contributed by atoms with E-state index in [9.17, 15) is 9.59 Å². The second kappa shape index (κ2) is 7.98. The predicted molar refractivity (Wildman–Crippen MR) is 105 cm³/mol. The fourth-order valence-corrected chi connectivity index (χ4v) is 4.61. The lowest BCUT2D eigenvalue weighted by atomic mass is 10.0. The Morgan fingerprint density at radius 2 is 1.89 bits per heavy atom. The summed E-state index contributed by atoms with van der Waals surface area (Å²) >= 11 is 1.40. The van der Waals surface area contributed by atoms with Gasteiger partial charge in [-0.15, -0.1) is 11.3 Å². The maximum Gasteiger partial charge on any atom is 0.263 e. The average Bonchev–Trinajstić information content (AvgIpc) is 3.03. The minimum absolute atomic E-state index is 0.277. The molecule has 0 saturated heterocycles. The van der Waals surface area contributed by atoms with Gasteiger partial charge in [-0.05, 0) is 30.7 Å². The van der Waals surface area contributed by atoms with Crippen molar-refractivity contribution >= 4 is 28.2 Å². The summed E-state index contributed by atoms with van der Waals surface area (Å²) in [6.07, 6.45) is 0.742. The Hall–Kier alpha value is -2.58. The van der Waals surface area contributed by atoms with E-state index in [2.05, 4.69) is 17.1 Å². The highest BCUT2D eigenvalue weighted by Gasteiger charge is 2.28. The van der Waals surface area contributed by atoms with E-state index >= 15 is 0 Å². The molecular formula is C19H23N3O4S. The standard InChI is InChI=1S/C19H23N3O4S/c1-4-22-9-8-11-14(10-22)27-19(15(11)17(20)23)21-18(24)16-12(25-2)6-5-7-13(16)26-3/h5-7H,4,8-10H2,1-3H3,(H2,20,23)(H,21,24). The number of rotatable bonds is 6. The van der Waals surface area contributed by atoms with Crippen LogP contribution in [-0.2, 0) is 13.0 Å². The predicted octanol–water partition coefficient (Wildman–Crippen LogP) is 2.49. The first-order valence-electron chi connectivity index (χ1n) is 8.69. The van der Waals surface area contributed by atoms with Crippen LogP contribution < -0.4 is 20.5 Å². The first kappa shape index (κ1) is 19.2. The van der Waals surface area contributed by atoms with Crippen LogP contribution in [0.2, 0.25) is 0 Å². The highest BCUT2D eigenvalue weighted by Crippen LogP contribution is 2.38. The van der Waals surface area contributed by atoms with Gasteiger partial charge >= 0.3 is 0 Å². The molecule has 0 aliphatic carbocycles. The number of nitrogens with zero attached hydrogens (tertiary/aromatic N) is 1. The number of amides is 2. The molecule has 3 rings (SSSR count). The molecule has 8 heteroatoms. The molecule has 1 aliphatic heterocycles. The van der Waals surface area contributed by atoms with Crippen molar-refractivity contribution in [1.29, 1.82) is 0 Å². The van der Waals surface area contributed by atoms with Gasteiger partial charge in [-0.3, -0.25) is 14.5 Å². The van der Waals surface area contributed by atoms with Gasteiger partial charge in [-0.25, -0.2) is 0 Å². The maximum absolute atomic E-state index is 13.0. The van der Waals surface area contributed by atoms with Crippen molar-refractivity contribution in [2.45, 2.75) is 19.9 Å². The largest absolute Gasteiger partial charge is 0.496 e. The molecule has 2 aromatic rings. The van der Waals surface area contributed by atoms with Crippen molar-refractivity contribution in [2.24, 2.45) is 5.73 Å². The average molecular weight is 389 g/mol. The van der Waals surface area contributed by atoms with Crippen LogP contribution in [0.4, 0.5) is 5.00 Å². The molecule has 0 saturated carbocycles. The van der Waals surface area contributed by atoms with Crippen molar-refractivity contribution in [1.82, 2.24) is 4.90 Å². The van der Waals surface area contributed by atoms with Crippen molar-refractivity contribution < 1.29 is 19.1 Å². The van der Waals surface area contributed by atoms with E-state index in [0.29, 0.717) is 22.1 Å². The fraction of sp³-hybridized carbons (Fsp3) is 0.368. The summed E-state index contributed by atoms with van der Waals surface area (Å²) in [5.74, 6) is -0.144. The van der Waals surface area contributed by atoms with E-state index in [1.54, 1.807) is 18.2 Å². The normalized spacial score (nSPS) is 13.7. The van der Waals surface area contributed by atoms with Crippen LogP contribution in [0.1, 0.15) is 38.1 Å². The SMILES string of the molecule is CCN1CCc2c(sc(NC(=O)c3c(OC)cccc3OC)c2C(N)=O)C1. The number of primary amides is 1. The van der Waals surface area contributed by atoms with Gasteiger partial charge < -0.3 is 20.5 Å². The van der Waals surface area contributed by atoms with Gasteiger partial charge in [-0.2, -0.15) is 0 Å². The Kier molecular flexibility index (Phi) is 5.67. The monoisotopic (exact) mass is 389 g/mol. The molecule has 3 N–H and O–H groups in total. The summed E-state index contributed by atoms with van der Waals surface area (Å²) in [6.45, 7) is 4.66. The van der Waals surface area contributed by atoms with Crippen molar-refractivity contribution in [2.75, 3.05) is 32.6 Å². The Morgan fingerprint density at radius 1 is 1.22 bits per heavy atom. The molecule has 2 amide bonds. The van der Waals surface area contributed by atoms with Crippen molar-refractivity contribution in [3.05, 3.63) is 39.8 Å². The number of fused-ring (bicyclic) bond motifs is 1. The van der Waals surface area contributed by atoms with Crippen LogP contribution >= 0.6 is 11.3 Å². The third kappa shape index (κ3) is 3.63. The lowest BCUT2D eigenvalue weighted by Gasteiger charge is -2.25. The molecular weight excluding hydrogens is 366 g/mol. The second-order valence-corrected chi connectivity index (χ2v) is 7.29. The summed E-state index contributed by atoms with van der Waals surface area (Å²) in [4.78, 5) is 28.4. The van der Waals surface area contributed by atoms with Crippen molar-refractivity contribution in [3.63, 3.8) is 0 Å². The minimum Gasteiger partial charge on any atom is -0.496 e. The molecule has 27 heavy (non-hydrogen) atoms. The Morgan fingerprint density at radius 3 is 2.44 bits per heavy atom. The summed E-state index contributed by atoms with van der Waals surface area (Å²) in [5.41, 5.74) is 7.26. The lowest BCUT2D eigenvalue weighted by Crippen LogP contribution is -2.30. The number of ether oxygens (including phenoxy) is 2. The Labute approximate surface area is 162 Å². The number of benzene rings is 1. The zero-order valence-corrected chi connectivity index (χ0v) is 16.4. The van der Waals surface area contributed by atoms with Crippen molar-refractivity contribution in [3.8, 4) is 11.5 Å². The van der Waals surface area contributed by atoms with Crippen LogP contribution in [0.15, 0.2) is 18.2 Å². The zero-order chi connectivity index (χ0) is 19.6. The molecule has 2 heterocycles. The van der Waals surface area contributed by atoms with Crippen LogP contribution in [0.5, 0.6) is 11.5 Å². The number of carbonyl (C=O) groups excluding carboxylic acids is 2. The maximum atomic E-state index is 13.0. The van der Waals surface area contributed by atoms with E-state index in [-0.39, 0.29) is 5.56 Å². The topological polar surface area (TPSA) is 93.9 Å². The van der Waals surface area contributed by atoms with Crippen LogP contribution in [0.25, 0.3) is 0 Å². The van der Waals surface area contributed by atoms with Crippen LogP contribution in [0.3, 0.4) is 0 Å². The highest BCUT2D eigenvalue weighted by molar-refractivity contribution is 7.17. The molecule has 1 aliphatic rings. The number of anilines is 1. The third-order valence-corrected chi connectivity index (χ3v) is 5.84. The number of carbonyl (C=O) groups is 2. The van der Waals surface area contributed by atoms with Gasteiger partial charge in [0.25, 0.3) is 11.8 Å². The number of nitrogens with one attached hydrogen (secondary N) is 1. The van der Waals surface area contributed by atoms with E-state index in [0.717, 1.165) is 36.5 Å². The van der Waals surface area contributed by atoms with E-state index in [1.807, 2.05) is 0 Å². The Balaban J connectivity index is 1.98. The van der Waals surface area contributed by atoms with Gasteiger partial charge in [-0.1, -0.05) is 13.0 Å². The summed E-state index contributed by atoms with van der Waals surface area (Å²) in [6, 6.07) is 5.11. The fourth-order valence-electron chi connectivity index (χ4n) is 3.32. The lowest BCUT2D eigenvalue weighted by molar-refractivity contribution is 0.1000. The summed E-state index contributed by atoms with van der Waals surface area (Å²) in [7, 11) is 2.98. The van der Waals surface area contributed by atoms with Crippen LogP contribution in [0, 0.1) is 0 Å². The molecule has 0 atom stereocenters. The smallest absolute Gasteiger partial charge is 0.263 e. The molecule has 144 valence electrons. The highest BCUT2D eigenvalue weighted by atomic mass is 32.1. The molecule has 0 unspecified atom stereocenters. The van der Waals surface area contributed by atoms with Gasteiger partial charge in [0.1, 0.15) is 22.1 Å². The number of hydrogen-bond acceptors (Lipinski definition) is 6. The van der Waals surface area contributed by atoms with Gasteiger partial charge in [0.15, 0.2) is 0 Å². The summed E-state index contributed by atoms with van der Waals surface area (Å²) < 4.78 is 10.6. The molecule has 0 fully saturated rings. The first-order chi connectivity index (χ1) is 13.0. The molecule has 0 spiro atoms. The Bertz CT molecular complexity index is 856. The number of likely N-dealkylation sites (N-methyl/N-ethyl adjacent to an activating group) is 1. The second-order valence-electron chi connectivity index (χ2n) is 6.18. The zero-order valence-electron chi connectivity index (χ0n) is 15.6. The number of hydrogen-bond donors (Lipinski definition) is 2. The quantitative estimate of drug-likeness (QED) is 0.792. The van der Waals surface area contributed by atoms with E-state index in [1.165, 1.54) is 25.6 Å². The van der Waals surface area contributed by atoms with Gasteiger partial charge in [0, 0.05) is 18.0 Å². The molecule has 1 aromatic heterocycles. The number of methoxy groups -OCH3 is 2. The summed E-state index contributed by atoms with van der Waals surface area (Å²) in [5, 5.41) is 3.32. The van der Waals surface area contributed by atoms with E-state index < -0.39 is 11.8 Å². The molecule has 0 bridgehead atoms. The van der Waals surface area contributed by atoms with Gasteiger partial charge in [0.2, 0.25) is 0 Å². The molecule has 7 nitrogen and oxygen atoms in total. The number of thiophene rings is 1.